The van der Waals surface area contributed by atoms with E-state index in [0.717, 1.165) is 12.5 Å². The molecular formula is C6H16O3Si. The molecule has 0 aromatic carbocycles. The second kappa shape index (κ2) is 5.85. The highest BCUT2D eigenvalue weighted by atomic mass is 28.3. The summed E-state index contributed by atoms with van der Waals surface area (Å²) in [5, 5.41) is 8.16. The van der Waals surface area contributed by atoms with Crippen molar-refractivity contribution < 1.29 is 14.9 Å². The molecule has 0 aliphatic heterocycles. The zero-order chi connectivity index (χ0) is 7.98. The molecule has 0 rings (SSSR count). The van der Waals surface area contributed by atoms with Crippen molar-refractivity contribution in [3.8, 4) is 0 Å². The van der Waals surface area contributed by atoms with E-state index >= 15 is 0 Å². The first kappa shape index (κ1) is 10.1. The molecular weight excluding hydrogens is 148 g/mol. The molecule has 0 amide bonds. The van der Waals surface area contributed by atoms with E-state index < -0.39 is 9.04 Å². The zero-order valence-corrected chi connectivity index (χ0v) is 7.73. The van der Waals surface area contributed by atoms with E-state index in [4.69, 9.17) is 5.26 Å². The van der Waals surface area contributed by atoms with Crippen LogP contribution >= 0.6 is 0 Å². The fourth-order valence-corrected chi connectivity index (χ4v) is 2.63. The monoisotopic (exact) mass is 164 g/mol. The van der Waals surface area contributed by atoms with Crippen molar-refractivity contribution in [2.24, 2.45) is 0 Å². The second-order valence-corrected chi connectivity index (χ2v) is 4.95. The van der Waals surface area contributed by atoms with Gasteiger partial charge in [-0.1, -0.05) is 13.3 Å². The van der Waals surface area contributed by atoms with Crippen molar-refractivity contribution >= 4 is 9.04 Å². The second-order valence-electron chi connectivity index (χ2n) is 2.59. The molecule has 0 saturated heterocycles. The predicted molar refractivity (Wildman–Crippen MR) is 42.4 cm³/mol. The van der Waals surface area contributed by atoms with Crippen LogP contribution in [0.25, 0.3) is 0 Å². The van der Waals surface area contributed by atoms with Crippen molar-refractivity contribution in [3.05, 3.63) is 0 Å². The van der Waals surface area contributed by atoms with Crippen molar-refractivity contribution in [2.45, 2.75) is 38.5 Å². The van der Waals surface area contributed by atoms with E-state index in [9.17, 15) is 4.80 Å². The Balaban J connectivity index is 3.27. The lowest BCUT2D eigenvalue weighted by atomic mass is 10.5. The third-order valence-electron chi connectivity index (χ3n) is 1.41. The summed E-state index contributed by atoms with van der Waals surface area (Å²) >= 11 is 0. The van der Waals surface area contributed by atoms with E-state index in [1.807, 2.05) is 6.92 Å². The Labute approximate surface area is 63.3 Å². The topological polar surface area (TPSA) is 49.7 Å². The quantitative estimate of drug-likeness (QED) is 0.362. The Morgan fingerprint density at radius 2 is 2.20 bits per heavy atom. The lowest BCUT2D eigenvalue weighted by molar-refractivity contribution is -0.269. The third-order valence-corrected chi connectivity index (χ3v) is 3.86. The summed E-state index contributed by atoms with van der Waals surface area (Å²) in [6.07, 6.45) is 0.819. The molecule has 0 saturated carbocycles. The van der Waals surface area contributed by atoms with Crippen molar-refractivity contribution in [3.63, 3.8) is 0 Å². The predicted octanol–water partition coefficient (Wildman–Crippen LogP) is 0.991. The summed E-state index contributed by atoms with van der Waals surface area (Å²) in [7, 11) is -1.56. The van der Waals surface area contributed by atoms with Gasteiger partial charge in [0.15, 0.2) is 9.04 Å². The summed E-state index contributed by atoms with van der Waals surface area (Å²) in [6, 6.07) is 1.55. The molecule has 0 fully saturated rings. The minimum atomic E-state index is -1.56. The highest BCUT2D eigenvalue weighted by molar-refractivity contribution is 6.50. The summed E-state index contributed by atoms with van der Waals surface area (Å²) < 4.78 is 0. The first-order valence-corrected chi connectivity index (χ1v) is 5.84. The highest BCUT2D eigenvalue weighted by Gasteiger charge is 2.11. The standard InChI is InChI=1S/C6H16O3Si/c1-3-4-10(8)5-6(2)9-7/h6-8,10H,3-5H2,1-2H3. The molecule has 0 spiro atoms. The molecule has 10 heavy (non-hydrogen) atoms. The molecule has 0 aromatic rings. The van der Waals surface area contributed by atoms with Crippen LogP contribution in [0.5, 0.6) is 0 Å². The number of rotatable bonds is 5. The maximum atomic E-state index is 9.30. The van der Waals surface area contributed by atoms with Gasteiger partial charge in [0.1, 0.15) is 0 Å². The minimum Gasteiger partial charge on any atom is -0.435 e. The van der Waals surface area contributed by atoms with Crippen molar-refractivity contribution in [2.75, 3.05) is 0 Å². The maximum Gasteiger partial charge on any atom is 0.175 e. The molecule has 4 heteroatoms. The first-order chi connectivity index (χ1) is 4.70. The van der Waals surface area contributed by atoms with Gasteiger partial charge in [0.25, 0.3) is 0 Å². The van der Waals surface area contributed by atoms with E-state index in [-0.39, 0.29) is 6.10 Å². The first-order valence-electron chi connectivity index (χ1n) is 3.69. The lowest BCUT2D eigenvalue weighted by Crippen LogP contribution is -2.19. The Morgan fingerprint density at radius 3 is 2.60 bits per heavy atom. The van der Waals surface area contributed by atoms with Gasteiger partial charge >= 0.3 is 0 Å². The smallest absolute Gasteiger partial charge is 0.175 e. The fourth-order valence-electron chi connectivity index (χ4n) is 0.877. The number of hydrogen-bond donors (Lipinski definition) is 2. The van der Waals surface area contributed by atoms with Crippen LogP contribution in [0.3, 0.4) is 0 Å². The summed E-state index contributed by atoms with van der Waals surface area (Å²) in [5.41, 5.74) is 0. The van der Waals surface area contributed by atoms with Gasteiger partial charge in [-0.25, -0.2) is 4.89 Å². The van der Waals surface area contributed by atoms with E-state index in [0.29, 0.717) is 6.04 Å². The number of hydrogen-bond acceptors (Lipinski definition) is 3. The SMILES string of the molecule is CCC[SiH](O)CC(C)OO. The maximum absolute atomic E-state index is 9.30. The summed E-state index contributed by atoms with van der Waals surface area (Å²) in [4.78, 5) is 13.3. The molecule has 2 N–H and O–H groups in total. The Bertz CT molecular complexity index is 79.4. The molecule has 0 aliphatic rings. The molecule has 0 aliphatic carbocycles. The van der Waals surface area contributed by atoms with E-state index in [1.54, 1.807) is 6.92 Å². The van der Waals surface area contributed by atoms with Crippen LogP contribution in [0.15, 0.2) is 0 Å². The molecule has 0 heterocycles. The van der Waals surface area contributed by atoms with Crippen LogP contribution in [0.4, 0.5) is 0 Å². The van der Waals surface area contributed by atoms with Crippen LogP contribution in [0.2, 0.25) is 12.1 Å². The highest BCUT2D eigenvalue weighted by Crippen LogP contribution is 2.04. The van der Waals surface area contributed by atoms with Gasteiger partial charge in [-0.05, 0) is 19.0 Å². The van der Waals surface area contributed by atoms with Crippen molar-refractivity contribution in [1.82, 2.24) is 0 Å². The fraction of sp³-hybridized carbons (Fsp3) is 1.00. The minimum absolute atomic E-state index is 0.201. The molecule has 2 unspecified atom stereocenters. The molecule has 62 valence electrons. The molecule has 3 nitrogen and oxygen atoms in total. The van der Waals surface area contributed by atoms with Gasteiger partial charge in [0.2, 0.25) is 0 Å². The van der Waals surface area contributed by atoms with Crippen LogP contribution in [-0.4, -0.2) is 25.2 Å². The average Bonchev–Trinajstić information content (AvgIpc) is 1.88. The van der Waals surface area contributed by atoms with Crippen LogP contribution < -0.4 is 0 Å². The normalized spacial score (nSPS) is 16.8. The molecule has 0 radical (unpaired) electrons. The van der Waals surface area contributed by atoms with Gasteiger partial charge < -0.3 is 4.80 Å². The Hall–Kier alpha value is 0.0969. The van der Waals surface area contributed by atoms with Crippen LogP contribution in [0.1, 0.15) is 20.3 Å². The molecule has 0 aromatic heterocycles. The molecule has 2 atom stereocenters. The lowest BCUT2D eigenvalue weighted by Gasteiger charge is -2.10. The van der Waals surface area contributed by atoms with Gasteiger partial charge in [-0.3, -0.25) is 5.26 Å². The summed E-state index contributed by atoms with van der Waals surface area (Å²) in [5.74, 6) is 0. The van der Waals surface area contributed by atoms with E-state index in [1.165, 1.54) is 0 Å². The largest absolute Gasteiger partial charge is 0.435 e. The van der Waals surface area contributed by atoms with Gasteiger partial charge in [0, 0.05) is 0 Å². The Kier molecular flexibility index (Phi) is 5.91. The summed E-state index contributed by atoms with van der Waals surface area (Å²) in [6.45, 7) is 3.80. The molecule has 0 bridgehead atoms. The van der Waals surface area contributed by atoms with Crippen LogP contribution in [0, 0.1) is 0 Å². The van der Waals surface area contributed by atoms with Gasteiger partial charge in [-0.15, -0.1) is 0 Å². The third kappa shape index (κ3) is 4.93. The zero-order valence-electron chi connectivity index (χ0n) is 6.58. The Morgan fingerprint density at radius 1 is 1.60 bits per heavy atom. The average molecular weight is 164 g/mol. The van der Waals surface area contributed by atoms with Gasteiger partial charge in [-0.2, -0.15) is 0 Å². The van der Waals surface area contributed by atoms with E-state index in [2.05, 4.69) is 4.89 Å². The van der Waals surface area contributed by atoms with Crippen LogP contribution in [-0.2, 0) is 4.89 Å². The van der Waals surface area contributed by atoms with Crippen molar-refractivity contribution in [1.29, 1.82) is 0 Å². The van der Waals surface area contributed by atoms with Gasteiger partial charge in [0.05, 0.1) is 6.10 Å².